The van der Waals surface area contributed by atoms with Gasteiger partial charge in [0.25, 0.3) is 0 Å². The second kappa shape index (κ2) is 33.6. The molecule has 0 aromatic rings. The van der Waals surface area contributed by atoms with Crippen molar-refractivity contribution in [1.82, 2.24) is 0 Å². The molecule has 0 saturated carbocycles. The third-order valence-corrected chi connectivity index (χ3v) is 6.51. The standard InChI is InChI=1S/C16H32O2.C14H30O/c1-2-3-4-5-6-7-8-9-10-11-12-13-14-15-16(17)18;1-2-3-4-5-6-7-8-9-10-11-12-13-14-15/h2-15H2,1H3,(H,17,18);15H,2-14H2,1H3. The summed E-state index contributed by atoms with van der Waals surface area (Å²) in [4.78, 5) is 10.3. The van der Waals surface area contributed by atoms with E-state index in [0.29, 0.717) is 13.0 Å². The topological polar surface area (TPSA) is 57.5 Å². The van der Waals surface area contributed by atoms with Crippen LogP contribution in [0.4, 0.5) is 0 Å². The maximum Gasteiger partial charge on any atom is 0.303 e. The first-order valence-electron chi connectivity index (χ1n) is 15.0. The first-order chi connectivity index (χ1) is 16.2. The molecule has 0 rings (SSSR count). The van der Waals surface area contributed by atoms with Gasteiger partial charge in [-0.25, -0.2) is 0 Å². The molecule has 0 spiro atoms. The van der Waals surface area contributed by atoms with Crippen molar-refractivity contribution in [3.63, 3.8) is 0 Å². The van der Waals surface area contributed by atoms with E-state index in [1.165, 1.54) is 141 Å². The van der Waals surface area contributed by atoms with E-state index in [2.05, 4.69) is 13.8 Å². The van der Waals surface area contributed by atoms with Gasteiger partial charge in [0.15, 0.2) is 0 Å². The van der Waals surface area contributed by atoms with Gasteiger partial charge in [0, 0.05) is 13.0 Å². The van der Waals surface area contributed by atoms with Crippen LogP contribution in [-0.4, -0.2) is 22.8 Å². The molecule has 0 unspecified atom stereocenters. The molecule has 0 amide bonds. The highest BCUT2D eigenvalue weighted by Crippen LogP contribution is 2.13. The third kappa shape index (κ3) is 39.0. The molecule has 0 bridgehead atoms. The zero-order valence-corrected chi connectivity index (χ0v) is 22.9. The van der Waals surface area contributed by atoms with E-state index in [1.807, 2.05) is 0 Å². The minimum absolute atomic E-state index is 0.345. The first kappa shape index (κ1) is 34.6. The summed E-state index contributed by atoms with van der Waals surface area (Å²) in [5, 5.41) is 17.1. The van der Waals surface area contributed by atoms with E-state index in [9.17, 15) is 4.79 Å². The zero-order chi connectivity index (χ0) is 24.7. The molecule has 0 saturated heterocycles. The quantitative estimate of drug-likeness (QED) is 0.124. The van der Waals surface area contributed by atoms with Crippen LogP contribution in [-0.2, 0) is 4.79 Å². The third-order valence-electron chi connectivity index (χ3n) is 6.51. The van der Waals surface area contributed by atoms with Crippen LogP contribution < -0.4 is 0 Å². The van der Waals surface area contributed by atoms with Crippen LogP contribution in [0.5, 0.6) is 0 Å². The molecule has 0 fully saturated rings. The summed E-state index contributed by atoms with van der Waals surface area (Å²) in [5.74, 6) is -0.655. The Labute approximate surface area is 208 Å². The van der Waals surface area contributed by atoms with Crippen molar-refractivity contribution in [2.45, 2.75) is 181 Å². The monoisotopic (exact) mass is 470 g/mol. The van der Waals surface area contributed by atoms with Crippen molar-refractivity contribution in [3.8, 4) is 0 Å². The van der Waals surface area contributed by atoms with Crippen molar-refractivity contribution >= 4 is 5.97 Å². The molecular formula is C30H62O3. The van der Waals surface area contributed by atoms with Gasteiger partial charge in [-0.2, -0.15) is 0 Å². The van der Waals surface area contributed by atoms with E-state index in [1.54, 1.807) is 0 Å². The zero-order valence-electron chi connectivity index (χ0n) is 22.9. The summed E-state index contributed by atoms with van der Waals surface area (Å²) in [6, 6.07) is 0. The molecule has 3 nitrogen and oxygen atoms in total. The number of carbonyl (C=O) groups is 1. The molecule has 0 atom stereocenters. The second-order valence-electron chi connectivity index (χ2n) is 10.00. The van der Waals surface area contributed by atoms with Gasteiger partial charge in [-0.05, 0) is 12.8 Å². The average Bonchev–Trinajstić information content (AvgIpc) is 2.81. The minimum atomic E-state index is -0.655. The molecule has 0 aromatic heterocycles. The van der Waals surface area contributed by atoms with Crippen molar-refractivity contribution in [3.05, 3.63) is 0 Å². The average molecular weight is 471 g/mol. The number of carboxylic acid groups (broad SMARTS) is 1. The second-order valence-corrected chi connectivity index (χ2v) is 10.00. The Morgan fingerprint density at radius 1 is 0.424 bits per heavy atom. The van der Waals surface area contributed by atoms with Crippen LogP contribution in [0.3, 0.4) is 0 Å². The Morgan fingerprint density at radius 2 is 0.667 bits per heavy atom. The van der Waals surface area contributed by atoms with Crippen LogP contribution in [0.2, 0.25) is 0 Å². The lowest BCUT2D eigenvalue weighted by Crippen LogP contribution is -1.93. The molecule has 0 heterocycles. The molecule has 0 radical (unpaired) electrons. The Hall–Kier alpha value is -0.570. The van der Waals surface area contributed by atoms with E-state index in [0.717, 1.165) is 19.3 Å². The van der Waals surface area contributed by atoms with Gasteiger partial charge < -0.3 is 10.2 Å². The summed E-state index contributed by atoms with van der Waals surface area (Å²) in [6.07, 6.45) is 33.5. The smallest absolute Gasteiger partial charge is 0.303 e. The molecule has 0 aliphatic carbocycles. The van der Waals surface area contributed by atoms with Gasteiger partial charge in [-0.3, -0.25) is 4.79 Å². The highest BCUT2D eigenvalue weighted by Gasteiger charge is 1.97. The predicted octanol–water partition coefficient (Wildman–Crippen LogP) is 10.2. The Balaban J connectivity index is 0. The van der Waals surface area contributed by atoms with Crippen LogP contribution in [0.15, 0.2) is 0 Å². The SMILES string of the molecule is CCCCCCCCCCCCCCCC(=O)O.CCCCCCCCCCCCCCO. The highest BCUT2D eigenvalue weighted by atomic mass is 16.4. The summed E-state index contributed by atoms with van der Waals surface area (Å²) >= 11 is 0. The molecule has 33 heavy (non-hydrogen) atoms. The maximum atomic E-state index is 10.3. The normalized spacial score (nSPS) is 10.8. The molecule has 0 aromatic carbocycles. The summed E-state index contributed by atoms with van der Waals surface area (Å²) in [5.41, 5.74) is 0. The van der Waals surface area contributed by atoms with Crippen molar-refractivity contribution < 1.29 is 15.0 Å². The summed E-state index contributed by atoms with van der Waals surface area (Å²) < 4.78 is 0. The van der Waals surface area contributed by atoms with Crippen LogP contribution in [0.25, 0.3) is 0 Å². The number of hydrogen-bond acceptors (Lipinski definition) is 2. The lowest BCUT2D eigenvalue weighted by Gasteiger charge is -2.02. The van der Waals surface area contributed by atoms with E-state index in [4.69, 9.17) is 10.2 Å². The van der Waals surface area contributed by atoms with Gasteiger partial charge in [0.2, 0.25) is 0 Å². The summed E-state index contributed by atoms with van der Waals surface area (Å²) in [7, 11) is 0. The number of hydrogen-bond donors (Lipinski definition) is 2. The number of aliphatic carboxylic acids is 1. The van der Waals surface area contributed by atoms with Crippen LogP contribution in [0.1, 0.15) is 181 Å². The molecule has 2 N–H and O–H groups in total. The van der Waals surface area contributed by atoms with E-state index in [-0.39, 0.29) is 0 Å². The largest absolute Gasteiger partial charge is 0.481 e. The molecule has 0 aliphatic rings. The number of aliphatic hydroxyl groups is 1. The Bertz CT molecular complexity index is 331. The van der Waals surface area contributed by atoms with E-state index >= 15 is 0 Å². The van der Waals surface area contributed by atoms with Gasteiger partial charge in [0.05, 0.1) is 0 Å². The minimum Gasteiger partial charge on any atom is -0.481 e. The molecule has 3 heteroatoms. The number of aliphatic hydroxyl groups excluding tert-OH is 1. The number of unbranched alkanes of at least 4 members (excludes halogenated alkanes) is 23. The lowest BCUT2D eigenvalue weighted by molar-refractivity contribution is -0.137. The Morgan fingerprint density at radius 3 is 0.909 bits per heavy atom. The predicted molar refractivity (Wildman–Crippen MR) is 146 cm³/mol. The van der Waals surface area contributed by atoms with Gasteiger partial charge in [-0.15, -0.1) is 0 Å². The fourth-order valence-corrected chi connectivity index (χ4v) is 4.25. The number of carboxylic acids is 1. The maximum absolute atomic E-state index is 10.3. The highest BCUT2D eigenvalue weighted by molar-refractivity contribution is 5.66. The van der Waals surface area contributed by atoms with Crippen molar-refractivity contribution in [1.29, 1.82) is 0 Å². The van der Waals surface area contributed by atoms with Crippen molar-refractivity contribution in [2.24, 2.45) is 0 Å². The Kier molecular flexibility index (Phi) is 35.2. The molecule has 200 valence electrons. The van der Waals surface area contributed by atoms with Gasteiger partial charge >= 0.3 is 5.97 Å². The molecular weight excluding hydrogens is 408 g/mol. The summed E-state index contributed by atoms with van der Waals surface area (Å²) in [6.45, 7) is 4.90. The molecule has 0 aliphatic heterocycles. The van der Waals surface area contributed by atoms with Gasteiger partial charge in [0.1, 0.15) is 0 Å². The fraction of sp³-hybridized carbons (Fsp3) is 0.967. The number of rotatable bonds is 26. The lowest BCUT2D eigenvalue weighted by atomic mass is 10.0. The van der Waals surface area contributed by atoms with E-state index < -0.39 is 5.97 Å². The van der Waals surface area contributed by atoms with Gasteiger partial charge in [-0.1, -0.05) is 162 Å². The fourth-order valence-electron chi connectivity index (χ4n) is 4.25. The van der Waals surface area contributed by atoms with Crippen LogP contribution >= 0.6 is 0 Å². The van der Waals surface area contributed by atoms with Crippen molar-refractivity contribution in [2.75, 3.05) is 6.61 Å². The van der Waals surface area contributed by atoms with Crippen LogP contribution in [0, 0.1) is 0 Å². The first-order valence-corrected chi connectivity index (χ1v) is 15.0.